The molecular weight excluding hydrogens is 246 g/mol. The first-order valence-corrected chi connectivity index (χ1v) is 6.87. The van der Waals surface area contributed by atoms with Crippen LogP contribution in [0.1, 0.15) is 16.8 Å². The van der Waals surface area contributed by atoms with Crippen molar-refractivity contribution >= 4 is 10.9 Å². The number of rotatable bonds is 3. The molecule has 0 saturated heterocycles. The number of benzene rings is 2. The van der Waals surface area contributed by atoms with Gasteiger partial charge in [-0.25, -0.2) is 0 Å². The maximum atomic E-state index is 5.49. The van der Waals surface area contributed by atoms with Crippen LogP contribution in [0.15, 0.2) is 48.5 Å². The van der Waals surface area contributed by atoms with E-state index in [0.717, 1.165) is 12.3 Å². The third-order valence-corrected chi connectivity index (χ3v) is 3.78. The van der Waals surface area contributed by atoms with E-state index in [0.29, 0.717) is 0 Å². The summed E-state index contributed by atoms with van der Waals surface area (Å²) in [6.45, 7) is 5.11. The third-order valence-electron chi connectivity index (χ3n) is 3.78. The summed E-state index contributed by atoms with van der Waals surface area (Å²) in [5, 5.41) is 1.29. The molecule has 0 radical (unpaired) electrons. The molecule has 3 aromatic rings. The molecule has 2 heteroatoms. The third kappa shape index (κ3) is 2.18. The van der Waals surface area contributed by atoms with Crippen molar-refractivity contribution in [3.05, 3.63) is 65.4 Å². The Bertz CT molecular complexity index is 755. The van der Waals surface area contributed by atoms with E-state index in [1.165, 1.54) is 27.7 Å². The predicted molar refractivity (Wildman–Crippen MR) is 83.5 cm³/mol. The number of aryl methyl sites for hydroxylation is 2. The van der Waals surface area contributed by atoms with Crippen LogP contribution < -0.4 is 4.74 Å². The zero-order valence-corrected chi connectivity index (χ0v) is 12.2. The lowest BCUT2D eigenvalue weighted by Gasteiger charge is -2.13. The van der Waals surface area contributed by atoms with Crippen LogP contribution in [0.3, 0.4) is 0 Å². The molecule has 0 atom stereocenters. The maximum Gasteiger partial charge on any atom is 0.123 e. The highest BCUT2D eigenvalue weighted by Gasteiger charge is 2.09. The van der Waals surface area contributed by atoms with E-state index in [-0.39, 0.29) is 0 Å². The standard InChI is InChI=1S/C18H19NO/c1-13-8-9-18(20-3)16(10-13)12-19-14(2)11-15-6-4-5-7-17(15)19/h4-11H,12H2,1-3H3. The summed E-state index contributed by atoms with van der Waals surface area (Å²) in [6.07, 6.45) is 0. The Balaban J connectivity index is 2.09. The van der Waals surface area contributed by atoms with Crippen molar-refractivity contribution < 1.29 is 4.74 Å². The van der Waals surface area contributed by atoms with Crippen molar-refractivity contribution in [2.45, 2.75) is 20.4 Å². The molecule has 0 bridgehead atoms. The van der Waals surface area contributed by atoms with Gasteiger partial charge in [0, 0.05) is 16.8 Å². The van der Waals surface area contributed by atoms with Crippen molar-refractivity contribution in [1.29, 1.82) is 0 Å². The molecule has 0 aliphatic rings. The van der Waals surface area contributed by atoms with Crippen molar-refractivity contribution in [2.24, 2.45) is 0 Å². The fourth-order valence-electron chi connectivity index (χ4n) is 2.76. The highest BCUT2D eigenvalue weighted by Crippen LogP contribution is 2.25. The van der Waals surface area contributed by atoms with Gasteiger partial charge in [-0.05, 0) is 37.4 Å². The fraction of sp³-hybridized carbons (Fsp3) is 0.222. The minimum Gasteiger partial charge on any atom is -0.496 e. The molecule has 2 aromatic carbocycles. The van der Waals surface area contributed by atoms with Gasteiger partial charge in [-0.1, -0.05) is 35.9 Å². The average molecular weight is 265 g/mol. The van der Waals surface area contributed by atoms with E-state index in [1.807, 2.05) is 6.07 Å². The van der Waals surface area contributed by atoms with Gasteiger partial charge in [-0.15, -0.1) is 0 Å². The zero-order valence-electron chi connectivity index (χ0n) is 12.2. The van der Waals surface area contributed by atoms with Gasteiger partial charge in [-0.3, -0.25) is 0 Å². The van der Waals surface area contributed by atoms with Crippen molar-refractivity contribution in [3.63, 3.8) is 0 Å². The Morgan fingerprint density at radius 2 is 1.80 bits per heavy atom. The molecule has 1 aromatic heterocycles. The van der Waals surface area contributed by atoms with E-state index in [2.05, 4.69) is 60.9 Å². The summed E-state index contributed by atoms with van der Waals surface area (Å²) in [5.41, 5.74) is 5.02. The molecule has 0 N–H and O–H groups in total. The van der Waals surface area contributed by atoms with Crippen LogP contribution in [-0.4, -0.2) is 11.7 Å². The number of para-hydroxylation sites is 1. The molecule has 0 spiro atoms. The lowest BCUT2D eigenvalue weighted by molar-refractivity contribution is 0.408. The normalized spacial score (nSPS) is 10.9. The quantitative estimate of drug-likeness (QED) is 0.688. The van der Waals surface area contributed by atoms with Crippen LogP contribution in [0.2, 0.25) is 0 Å². The molecule has 0 amide bonds. The van der Waals surface area contributed by atoms with Crippen LogP contribution in [0.5, 0.6) is 5.75 Å². The maximum absolute atomic E-state index is 5.49. The van der Waals surface area contributed by atoms with Crippen LogP contribution in [0.25, 0.3) is 10.9 Å². The fourth-order valence-corrected chi connectivity index (χ4v) is 2.76. The highest BCUT2D eigenvalue weighted by atomic mass is 16.5. The number of methoxy groups -OCH3 is 1. The van der Waals surface area contributed by atoms with Gasteiger partial charge in [0.1, 0.15) is 5.75 Å². The molecular formula is C18H19NO. The second-order valence-corrected chi connectivity index (χ2v) is 5.25. The monoisotopic (exact) mass is 265 g/mol. The van der Waals surface area contributed by atoms with E-state index < -0.39 is 0 Å². The largest absolute Gasteiger partial charge is 0.496 e. The Labute approximate surface area is 119 Å². The van der Waals surface area contributed by atoms with Crippen LogP contribution >= 0.6 is 0 Å². The Hall–Kier alpha value is -2.22. The van der Waals surface area contributed by atoms with Gasteiger partial charge in [0.05, 0.1) is 13.7 Å². The van der Waals surface area contributed by atoms with Gasteiger partial charge < -0.3 is 9.30 Å². The molecule has 102 valence electrons. The Morgan fingerprint density at radius 1 is 1.00 bits per heavy atom. The van der Waals surface area contributed by atoms with Gasteiger partial charge in [0.25, 0.3) is 0 Å². The molecule has 0 saturated carbocycles. The number of hydrogen-bond donors (Lipinski definition) is 0. The first-order valence-electron chi connectivity index (χ1n) is 6.87. The molecule has 0 unspecified atom stereocenters. The van der Waals surface area contributed by atoms with Gasteiger partial charge in [0.15, 0.2) is 0 Å². The van der Waals surface area contributed by atoms with E-state index in [4.69, 9.17) is 4.74 Å². The summed E-state index contributed by atoms with van der Waals surface area (Å²) in [7, 11) is 1.73. The van der Waals surface area contributed by atoms with E-state index in [1.54, 1.807) is 7.11 Å². The Morgan fingerprint density at radius 3 is 2.60 bits per heavy atom. The van der Waals surface area contributed by atoms with Crippen LogP contribution in [0.4, 0.5) is 0 Å². The summed E-state index contributed by atoms with van der Waals surface area (Å²) in [5.74, 6) is 0.952. The topological polar surface area (TPSA) is 14.2 Å². The molecule has 3 rings (SSSR count). The summed E-state index contributed by atoms with van der Waals surface area (Å²) >= 11 is 0. The van der Waals surface area contributed by atoms with E-state index in [9.17, 15) is 0 Å². The first-order chi connectivity index (χ1) is 9.69. The molecule has 0 fully saturated rings. The first kappa shape index (κ1) is 12.8. The number of hydrogen-bond acceptors (Lipinski definition) is 1. The SMILES string of the molecule is COc1ccc(C)cc1Cn1c(C)cc2ccccc21. The van der Waals surface area contributed by atoms with Crippen molar-refractivity contribution in [3.8, 4) is 5.75 Å². The van der Waals surface area contributed by atoms with Gasteiger partial charge in [0.2, 0.25) is 0 Å². The molecule has 0 aliphatic heterocycles. The second kappa shape index (κ2) is 5.04. The number of fused-ring (bicyclic) bond motifs is 1. The van der Waals surface area contributed by atoms with E-state index >= 15 is 0 Å². The summed E-state index contributed by atoms with van der Waals surface area (Å²) in [4.78, 5) is 0. The lowest BCUT2D eigenvalue weighted by Crippen LogP contribution is -2.03. The number of aromatic nitrogens is 1. The Kier molecular flexibility index (Phi) is 3.23. The average Bonchev–Trinajstić information content (AvgIpc) is 2.76. The second-order valence-electron chi connectivity index (χ2n) is 5.25. The van der Waals surface area contributed by atoms with Crippen molar-refractivity contribution in [2.75, 3.05) is 7.11 Å². The minimum atomic E-state index is 0.838. The number of ether oxygens (including phenoxy) is 1. The smallest absolute Gasteiger partial charge is 0.123 e. The molecule has 2 nitrogen and oxygen atoms in total. The van der Waals surface area contributed by atoms with Crippen molar-refractivity contribution in [1.82, 2.24) is 4.57 Å². The molecule has 20 heavy (non-hydrogen) atoms. The predicted octanol–water partition coefficient (Wildman–Crippen LogP) is 4.32. The highest BCUT2D eigenvalue weighted by molar-refractivity contribution is 5.81. The summed E-state index contributed by atoms with van der Waals surface area (Å²) in [6, 6.07) is 17.1. The zero-order chi connectivity index (χ0) is 14.1. The summed E-state index contributed by atoms with van der Waals surface area (Å²) < 4.78 is 7.83. The van der Waals surface area contributed by atoms with Crippen LogP contribution in [-0.2, 0) is 6.54 Å². The minimum absolute atomic E-state index is 0.838. The molecule has 0 aliphatic carbocycles. The van der Waals surface area contributed by atoms with Gasteiger partial charge >= 0.3 is 0 Å². The van der Waals surface area contributed by atoms with Crippen LogP contribution in [0, 0.1) is 13.8 Å². The lowest BCUT2D eigenvalue weighted by atomic mass is 10.1. The molecule has 1 heterocycles. The number of nitrogens with zero attached hydrogens (tertiary/aromatic N) is 1. The van der Waals surface area contributed by atoms with Gasteiger partial charge in [-0.2, -0.15) is 0 Å².